The van der Waals surface area contributed by atoms with E-state index in [4.69, 9.17) is 10.8 Å². The maximum atomic E-state index is 11.6. The molecule has 0 saturated heterocycles. The molecule has 1 amide bonds. The zero-order valence-corrected chi connectivity index (χ0v) is 17.0. The standard InChI is InChI=1S/C24H22N4O3/c1-16-14-20(6-9-21(16)24(25)31)28-19(8-11-23(29)30)7-10-22(28)17-2-4-18(5-3-17)27-13-12-26-15-27/h2-7,9-10,12-15H,8,11H2,1H3,(H2,25,31)(H,29,30). The number of aromatic nitrogens is 3. The van der Waals surface area contributed by atoms with E-state index in [2.05, 4.69) is 4.98 Å². The highest BCUT2D eigenvalue weighted by molar-refractivity contribution is 5.94. The lowest BCUT2D eigenvalue weighted by atomic mass is 10.1. The van der Waals surface area contributed by atoms with Gasteiger partial charge in [0.2, 0.25) is 5.91 Å². The lowest BCUT2D eigenvalue weighted by Gasteiger charge is -2.16. The number of hydrogen-bond donors (Lipinski definition) is 2. The van der Waals surface area contributed by atoms with Gasteiger partial charge in [0.1, 0.15) is 0 Å². The summed E-state index contributed by atoms with van der Waals surface area (Å²) in [6.07, 6.45) is 5.77. The highest BCUT2D eigenvalue weighted by Gasteiger charge is 2.15. The summed E-state index contributed by atoms with van der Waals surface area (Å²) >= 11 is 0. The first kappa shape index (κ1) is 20.2. The van der Waals surface area contributed by atoms with E-state index in [9.17, 15) is 9.59 Å². The van der Waals surface area contributed by atoms with Crippen molar-refractivity contribution in [3.63, 3.8) is 0 Å². The van der Waals surface area contributed by atoms with Crippen molar-refractivity contribution >= 4 is 11.9 Å². The quantitative estimate of drug-likeness (QED) is 0.481. The number of carboxylic acid groups (broad SMARTS) is 1. The topological polar surface area (TPSA) is 103 Å². The number of carboxylic acids is 1. The van der Waals surface area contributed by atoms with Gasteiger partial charge in [-0.15, -0.1) is 0 Å². The SMILES string of the molecule is Cc1cc(-n2c(CCC(=O)O)ccc2-c2ccc(-n3ccnc3)cc2)ccc1C(N)=O. The highest BCUT2D eigenvalue weighted by atomic mass is 16.4. The molecule has 0 spiro atoms. The van der Waals surface area contributed by atoms with Gasteiger partial charge in [-0.05, 0) is 66.9 Å². The molecule has 0 saturated carbocycles. The maximum absolute atomic E-state index is 11.6. The average molecular weight is 414 g/mol. The normalized spacial score (nSPS) is 10.9. The number of primary amides is 1. The van der Waals surface area contributed by atoms with Gasteiger partial charge in [0, 0.05) is 35.0 Å². The average Bonchev–Trinajstić information content (AvgIpc) is 3.42. The molecule has 0 aliphatic rings. The zero-order valence-electron chi connectivity index (χ0n) is 17.0. The fraction of sp³-hybridized carbons (Fsp3) is 0.125. The maximum Gasteiger partial charge on any atom is 0.303 e. The molecule has 0 aliphatic carbocycles. The lowest BCUT2D eigenvalue weighted by Crippen LogP contribution is -2.13. The second kappa shape index (κ2) is 8.31. The molecule has 0 atom stereocenters. The molecule has 4 rings (SSSR count). The van der Waals surface area contributed by atoms with Gasteiger partial charge in [-0.3, -0.25) is 9.59 Å². The minimum Gasteiger partial charge on any atom is -0.481 e. The van der Waals surface area contributed by atoms with Crippen molar-refractivity contribution < 1.29 is 14.7 Å². The van der Waals surface area contributed by atoms with Gasteiger partial charge in [-0.25, -0.2) is 4.98 Å². The molecule has 0 unspecified atom stereocenters. The van der Waals surface area contributed by atoms with Crippen molar-refractivity contribution in [1.29, 1.82) is 0 Å². The summed E-state index contributed by atoms with van der Waals surface area (Å²) in [6, 6.07) is 17.4. The van der Waals surface area contributed by atoms with Gasteiger partial charge in [0.15, 0.2) is 0 Å². The molecule has 2 heterocycles. The van der Waals surface area contributed by atoms with Crippen LogP contribution in [0.15, 0.2) is 73.3 Å². The van der Waals surface area contributed by atoms with Crippen LogP contribution >= 0.6 is 0 Å². The molecule has 3 N–H and O–H groups in total. The largest absolute Gasteiger partial charge is 0.481 e. The smallest absolute Gasteiger partial charge is 0.303 e. The first-order chi connectivity index (χ1) is 14.9. The number of hydrogen-bond acceptors (Lipinski definition) is 3. The molecule has 0 fully saturated rings. The van der Waals surface area contributed by atoms with Crippen molar-refractivity contribution in [2.24, 2.45) is 5.73 Å². The van der Waals surface area contributed by atoms with E-state index in [-0.39, 0.29) is 6.42 Å². The van der Waals surface area contributed by atoms with E-state index in [0.29, 0.717) is 12.0 Å². The molecule has 7 heteroatoms. The molecule has 0 radical (unpaired) electrons. The third kappa shape index (κ3) is 4.11. The van der Waals surface area contributed by atoms with Crippen LogP contribution in [0, 0.1) is 6.92 Å². The molecule has 2 aromatic heterocycles. The highest BCUT2D eigenvalue weighted by Crippen LogP contribution is 2.29. The molecule has 0 aliphatic heterocycles. The number of rotatable bonds is 7. The fourth-order valence-corrected chi connectivity index (χ4v) is 3.72. The zero-order chi connectivity index (χ0) is 22.0. The summed E-state index contributed by atoms with van der Waals surface area (Å²) in [4.78, 5) is 26.9. The van der Waals surface area contributed by atoms with Gasteiger partial charge in [-0.2, -0.15) is 0 Å². The molecule has 7 nitrogen and oxygen atoms in total. The lowest BCUT2D eigenvalue weighted by molar-refractivity contribution is -0.136. The number of aliphatic carboxylic acids is 1. The van der Waals surface area contributed by atoms with Crippen LogP contribution in [0.4, 0.5) is 0 Å². The Morgan fingerprint density at radius 2 is 1.77 bits per heavy atom. The summed E-state index contributed by atoms with van der Waals surface area (Å²) in [5, 5.41) is 9.15. The Kier molecular flexibility index (Phi) is 5.41. The Hall–Kier alpha value is -4.13. The van der Waals surface area contributed by atoms with Gasteiger partial charge in [0.05, 0.1) is 18.4 Å². The van der Waals surface area contributed by atoms with Crippen molar-refractivity contribution in [1.82, 2.24) is 14.1 Å². The summed E-state index contributed by atoms with van der Waals surface area (Å²) in [7, 11) is 0. The number of aryl methyl sites for hydroxylation is 2. The Bertz CT molecular complexity index is 1240. The summed E-state index contributed by atoms with van der Waals surface area (Å²) in [5.74, 6) is -1.32. The predicted octanol–water partition coefficient (Wildman–Crippen LogP) is 3.75. The number of imidazole rings is 1. The van der Waals surface area contributed by atoms with Gasteiger partial charge >= 0.3 is 5.97 Å². The Balaban J connectivity index is 1.79. The number of nitrogens with two attached hydrogens (primary N) is 1. The van der Waals surface area contributed by atoms with Crippen LogP contribution < -0.4 is 5.73 Å². The second-order valence-electron chi connectivity index (χ2n) is 7.32. The summed E-state index contributed by atoms with van der Waals surface area (Å²) in [6.45, 7) is 1.84. The molecule has 156 valence electrons. The van der Waals surface area contributed by atoms with Crippen LogP contribution in [0.5, 0.6) is 0 Å². The molecular weight excluding hydrogens is 392 g/mol. The first-order valence-corrected chi connectivity index (χ1v) is 9.86. The van der Waals surface area contributed by atoms with E-state index in [1.807, 2.05) is 70.8 Å². The Morgan fingerprint density at radius 1 is 1.03 bits per heavy atom. The Labute approximate surface area is 179 Å². The van der Waals surface area contributed by atoms with Crippen molar-refractivity contribution in [2.75, 3.05) is 0 Å². The third-order valence-electron chi connectivity index (χ3n) is 5.26. The minimum absolute atomic E-state index is 0.0291. The van der Waals surface area contributed by atoms with Crippen molar-refractivity contribution in [3.05, 3.63) is 90.1 Å². The predicted molar refractivity (Wildman–Crippen MR) is 118 cm³/mol. The summed E-state index contributed by atoms with van der Waals surface area (Å²) < 4.78 is 3.96. The molecular formula is C24H22N4O3. The van der Waals surface area contributed by atoms with E-state index in [1.165, 1.54) is 0 Å². The number of benzene rings is 2. The van der Waals surface area contributed by atoms with Crippen molar-refractivity contribution in [3.8, 4) is 22.6 Å². The summed E-state index contributed by atoms with van der Waals surface area (Å²) in [5.41, 5.74) is 11.3. The van der Waals surface area contributed by atoms with E-state index < -0.39 is 11.9 Å². The van der Waals surface area contributed by atoms with Crippen molar-refractivity contribution in [2.45, 2.75) is 19.8 Å². The van der Waals surface area contributed by atoms with Gasteiger partial charge < -0.3 is 20.0 Å². The number of carbonyl (C=O) groups excluding carboxylic acids is 1. The van der Waals surface area contributed by atoms with Crippen LogP contribution in [0.1, 0.15) is 28.0 Å². The van der Waals surface area contributed by atoms with Crippen LogP contribution in [-0.4, -0.2) is 31.1 Å². The Morgan fingerprint density at radius 3 is 2.39 bits per heavy atom. The van der Waals surface area contributed by atoms with Gasteiger partial charge in [-0.1, -0.05) is 12.1 Å². The van der Waals surface area contributed by atoms with Crippen LogP contribution in [-0.2, 0) is 11.2 Å². The van der Waals surface area contributed by atoms with Crippen LogP contribution in [0.3, 0.4) is 0 Å². The molecule has 4 aromatic rings. The number of carbonyl (C=O) groups is 2. The van der Waals surface area contributed by atoms with Crippen LogP contribution in [0.2, 0.25) is 0 Å². The second-order valence-corrected chi connectivity index (χ2v) is 7.32. The number of nitrogens with zero attached hydrogens (tertiary/aromatic N) is 3. The first-order valence-electron chi connectivity index (χ1n) is 9.86. The molecule has 0 bridgehead atoms. The molecule has 31 heavy (non-hydrogen) atoms. The third-order valence-corrected chi connectivity index (χ3v) is 5.26. The fourth-order valence-electron chi connectivity index (χ4n) is 3.72. The van der Waals surface area contributed by atoms with E-state index >= 15 is 0 Å². The van der Waals surface area contributed by atoms with E-state index in [1.54, 1.807) is 18.6 Å². The number of amides is 1. The minimum atomic E-state index is -0.848. The van der Waals surface area contributed by atoms with E-state index in [0.717, 1.165) is 33.9 Å². The molecule has 2 aromatic carbocycles. The van der Waals surface area contributed by atoms with Crippen LogP contribution in [0.25, 0.3) is 22.6 Å². The van der Waals surface area contributed by atoms with Gasteiger partial charge in [0.25, 0.3) is 0 Å². The monoisotopic (exact) mass is 414 g/mol.